The summed E-state index contributed by atoms with van der Waals surface area (Å²) in [6.07, 6.45) is 95.0. The highest BCUT2D eigenvalue weighted by Gasteiger charge is 2.20. The van der Waals surface area contributed by atoms with E-state index in [1.165, 1.54) is 340 Å². The van der Waals surface area contributed by atoms with Gasteiger partial charge in [-0.05, 0) is 77.0 Å². The lowest BCUT2D eigenvalue weighted by Crippen LogP contribution is -2.45. The molecule has 2 atom stereocenters. The molecule has 0 aliphatic heterocycles. The van der Waals surface area contributed by atoms with Crippen LogP contribution in [0.3, 0.4) is 0 Å². The number of unbranched alkanes of at least 4 members (excludes halogenated alkanes) is 55. The van der Waals surface area contributed by atoms with Gasteiger partial charge in [0.15, 0.2) is 0 Å². The van der Waals surface area contributed by atoms with Crippen molar-refractivity contribution in [1.29, 1.82) is 0 Å². The van der Waals surface area contributed by atoms with E-state index in [0.29, 0.717) is 25.9 Å². The molecular formula is C78H149NO5. The zero-order valence-corrected chi connectivity index (χ0v) is 56.9. The molecule has 3 N–H and O–H groups in total. The second kappa shape index (κ2) is 73.5. The molecule has 496 valence electrons. The normalized spacial score (nSPS) is 12.7. The van der Waals surface area contributed by atoms with Crippen molar-refractivity contribution in [2.45, 2.75) is 437 Å². The number of carbonyl (C=O) groups excluding carboxylic acids is 2. The van der Waals surface area contributed by atoms with Crippen LogP contribution < -0.4 is 5.32 Å². The van der Waals surface area contributed by atoms with Gasteiger partial charge in [0.25, 0.3) is 0 Å². The first-order chi connectivity index (χ1) is 41.5. The van der Waals surface area contributed by atoms with Crippen LogP contribution in [0.5, 0.6) is 0 Å². The van der Waals surface area contributed by atoms with Crippen LogP contribution in [-0.4, -0.2) is 47.4 Å². The minimum atomic E-state index is -0.666. The second-order valence-electron chi connectivity index (χ2n) is 26.3. The minimum absolute atomic E-state index is 0.00186. The lowest BCUT2D eigenvalue weighted by atomic mass is 10.0. The van der Waals surface area contributed by atoms with Crippen molar-refractivity contribution in [2.24, 2.45) is 0 Å². The van der Waals surface area contributed by atoms with E-state index in [-0.39, 0.29) is 18.5 Å². The number of ether oxygens (including phenoxy) is 1. The highest BCUT2D eigenvalue weighted by Crippen LogP contribution is 2.19. The third-order valence-electron chi connectivity index (χ3n) is 17.9. The molecule has 0 aromatic carbocycles. The van der Waals surface area contributed by atoms with E-state index in [9.17, 15) is 19.8 Å². The summed E-state index contributed by atoms with van der Waals surface area (Å²) in [7, 11) is 0. The van der Waals surface area contributed by atoms with Crippen LogP contribution in [0.25, 0.3) is 0 Å². The summed E-state index contributed by atoms with van der Waals surface area (Å²) in [5.74, 6) is -0.0280. The molecule has 0 aliphatic rings. The molecule has 0 spiro atoms. The van der Waals surface area contributed by atoms with E-state index < -0.39 is 12.1 Å². The number of esters is 1. The summed E-state index contributed by atoms with van der Waals surface area (Å²) in [5.41, 5.74) is 0. The quantitative estimate of drug-likeness (QED) is 0.0320. The van der Waals surface area contributed by atoms with Crippen molar-refractivity contribution in [1.82, 2.24) is 5.32 Å². The van der Waals surface area contributed by atoms with Crippen molar-refractivity contribution in [3.05, 3.63) is 36.5 Å². The van der Waals surface area contributed by atoms with E-state index in [0.717, 1.165) is 51.4 Å². The number of rotatable bonds is 72. The Labute approximate surface area is 525 Å². The summed E-state index contributed by atoms with van der Waals surface area (Å²) in [4.78, 5) is 24.6. The maximum absolute atomic E-state index is 12.6. The van der Waals surface area contributed by atoms with Crippen molar-refractivity contribution in [3.8, 4) is 0 Å². The fourth-order valence-corrected chi connectivity index (χ4v) is 12.1. The van der Waals surface area contributed by atoms with Crippen LogP contribution in [0, 0.1) is 0 Å². The molecule has 6 nitrogen and oxygen atoms in total. The molecular weight excluding hydrogens is 1030 g/mol. The van der Waals surface area contributed by atoms with Gasteiger partial charge < -0.3 is 20.3 Å². The summed E-state index contributed by atoms with van der Waals surface area (Å²) in [5, 5.41) is 23.5. The highest BCUT2D eigenvalue weighted by molar-refractivity contribution is 5.76. The Bertz CT molecular complexity index is 1360. The lowest BCUT2D eigenvalue weighted by molar-refractivity contribution is -0.143. The molecule has 0 fully saturated rings. The zero-order chi connectivity index (χ0) is 60.6. The van der Waals surface area contributed by atoms with Gasteiger partial charge in [-0.15, -0.1) is 0 Å². The number of allylic oxidation sites excluding steroid dienone is 6. The van der Waals surface area contributed by atoms with Gasteiger partial charge >= 0.3 is 5.97 Å². The van der Waals surface area contributed by atoms with Gasteiger partial charge in [-0.25, -0.2) is 0 Å². The lowest BCUT2D eigenvalue weighted by Gasteiger charge is -2.22. The Morgan fingerprint density at radius 2 is 0.607 bits per heavy atom. The van der Waals surface area contributed by atoms with Gasteiger partial charge in [0, 0.05) is 12.8 Å². The van der Waals surface area contributed by atoms with Crippen molar-refractivity contribution >= 4 is 11.9 Å². The monoisotopic (exact) mass is 1180 g/mol. The third kappa shape index (κ3) is 69.2. The van der Waals surface area contributed by atoms with Gasteiger partial charge in [-0.1, -0.05) is 371 Å². The Morgan fingerprint density at radius 1 is 0.333 bits per heavy atom. The van der Waals surface area contributed by atoms with Crippen LogP contribution in [0.15, 0.2) is 36.5 Å². The van der Waals surface area contributed by atoms with E-state index in [2.05, 4.69) is 55.6 Å². The van der Waals surface area contributed by atoms with Crippen molar-refractivity contribution < 1.29 is 24.5 Å². The fourth-order valence-electron chi connectivity index (χ4n) is 12.1. The van der Waals surface area contributed by atoms with Crippen molar-refractivity contribution in [3.63, 3.8) is 0 Å². The number of aliphatic hydroxyl groups excluding tert-OH is 2. The highest BCUT2D eigenvalue weighted by atomic mass is 16.5. The fraction of sp³-hybridized carbons (Fsp3) is 0.897. The van der Waals surface area contributed by atoms with E-state index in [1.807, 2.05) is 0 Å². The van der Waals surface area contributed by atoms with Crippen LogP contribution in [-0.2, 0) is 14.3 Å². The Hall–Kier alpha value is -1.92. The molecule has 0 aliphatic carbocycles. The summed E-state index contributed by atoms with van der Waals surface area (Å²) in [6, 6.07) is -0.543. The maximum Gasteiger partial charge on any atom is 0.305 e. The van der Waals surface area contributed by atoms with E-state index >= 15 is 0 Å². The number of carbonyl (C=O) groups is 2. The van der Waals surface area contributed by atoms with Crippen LogP contribution >= 0.6 is 0 Å². The molecule has 0 aromatic heterocycles. The predicted molar refractivity (Wildman–Crippen MR) is 370 cm³/mol. The summed E-state index contributed by atoms with van der Waals surface area (Å²) >= 11 is 0. The third-order valence-corrected chi connectivity index (χ3v) is 17.9. The average Bonchev–Trinajstić information content (AvgIpc) is 3.51. The molecule has 6 heteroatoms. The Kier molecular flexibility index (Phi) is 71.9. The molecule has 0 bridgehead atoms. The second-order valence-corrected chi connectivity index (χ2v) is 26.3. The number of aliphatic hydroxyl groups is 2. The number of amides is 1. The Morgan fingerprint density at radius 3 is 0.952 bits per heavy atom. The van der Waals surface area contributed by atoms with Gasteiger partial charge in [-0.2, -0.15) is 0 Å². The van der Waals surface area contributed by atoms with Crippen LogP contribution in [0.4, 0.5) is 0 Å². The largest absolute Gasteiger partial charge is 0.466 e. The molecule has 84 heavy (non-hydrogen) atoms. The summed E-state index contributed by atoms with van der Waals surface area (Å²) < 4.78 is 5.48. The average molecular weight is 1180 g/mol. The molecule has 0 rings (SSSR count). The van der Waals surface area contributed by atoms with E-state index in [4.69, 9.17) is 4.74 Å². The van der Waals surface area contributed by atoms with Gasteiger partial charge in [0.05, 0.1) is 25.4 Å². The topological polar surface area (TPSA) is 95.9 Å². The van der Waals surface area contributed by atoms with Crippen LogP contribution in [0.1, 0.15) is 425 Å². The van der Waals surface area contributed by atoms with Gasteiger partial charge in [-0.3, -0.25) is 9.59 Å². The number of nitrogens with one attached hydrogen (secondary N) is 1. The first-order valence-corrected chi connectivity index (χ1v) is 38.2. The molecule has 0 radical (unpaired) electrons. The summed E-state index contributed by atoms with van der Waals surface area (Å²) in [6.45, 7) is 4.95. The molecule has 0 saturated carbocycles. The Balaban J connectivity index is 3.38. The van der Waals surface area contributed by atoms with Crippen LogP contribution in [0.2, 0.25) is 0 Å². The maximum atomic E-state index is 12.6. The minimum Gasteiger partial charge on any atom is -0.466 e. The SMILES string of the molecule is CCCC/C=C\C/C=C\CCCCCCCC(=O)OCCCCCCCCCCCCCC/C=C\CCCCCCCCCCCCCCC(=O)NC(CO)C(O)CCCCCCCCCCCCCCCCCCCCCCCCCCC. The van der Waals surface area contributed by atoms with Gasteiger partial charge in [0.1, 0.15) is 0 Å². The smallest absolute Gasteiger partial charge is 0.305 e. The number of hydrogen-bond donors (Lipinski definition) is 3. The van der Waals surface area contributed by atoms with E-state index in [1.54, 1.807) is 0 Å². The van der Waals surface area contributed by atoms with Crippen molar-refractivity contribution in [2.75, 3.05) is 13.2 Å². The molecule has 1 amide bonds. The standard InChI is InChI=1S/C78H149NO5/c1-3-5-7-9-11-13-15-17-19-20-21-22-23-28-31-34-37-40-43-46-50-54-58-62-66-70-76(81)75(74-80)79-77(82)71-67-63-59-55-51-47-44-41-38-35-32-29-26-24-25-27-30-33-36-39-42-45-49-53-57-61-65-69-73-84-78(83)72-68-64-60-56-52-48-18-16-14-12-10-8-6-4-2/h10,12,16,18,24-25,75-76,80-81H,3-9,11,13-15,17,19-23,26-74H2,1-2H3,(H,79,82)/b12-10-,18-16-,25-24-. The predicted octanol–water partition coefficient (Wildman–Crippen LogP) is 25.0. The first-order valence-electron chi connectivity index (χ1n) is 38.2. The van der Waals surface area contributed by atoms with Gasteiger partial charge in [0.2, 0.25) is 5.91 Å². The molecule has 0 heterocycles. The zero-order valence-electron chi connectivity index (χ0n) is 56.9. The molecule has 0 saturated heterocycles. The number of hydrogen-bond acceptors (Lipinski definition) is 5. The molecule has 2 unspecified atom stereocenters. The molecule has 0 aromatic rings. The first kappa shape index (κ1) is 82.1.